The zero-order valence-corrected chi connectivity index (χ0v) is 12.4. The average molecular weight is 280 g/mol. The molecule has 1 aliphatic carbocycles. The molecule has 3 nitrogen and oxygen atoms in total. The molecule has 2 aromatic rings. The summed E-state index contributed by atoms with van der Waals surface area (Å²) in [6.45, 7) is 4.17. The zero-order valence-electron chi connectivity index (χ0n) is 12.4. The second-order valence-corrected chi connectivity index (χ2v) is 5.78. The first-order chi connectivity index (χ1) is 10.1. The summed E-state index contributed by atoms with van der Waals surface area (Å²) in [5.74, 6) is 0.378. The van der Waals surface area contributed by atoms with Gasteiger partial charge in [-0.3, -0.25) is 4.79 Å². The number of amides is 1. The Labute approximate surface area is 125 Å². The van der Waals surface area contributed by atoms with Gasteiger partial charge < -0.3 is 10.6 Å². The molecule has 0 saturated heterocycles. The summed E-state index contributed by atoms with van der Waals surface area (Å²) in [6.07, 6.45) is 2.05. The molecule has 0 aromatic heterocycles. The van der Waals surface area contributed by atoms with E-state index in [4.69, 9.17) is 0 Å². The molecule has 0 aliphatic heterocycles. The highest BCUT2D eigenvalue weighted by atomic mass is 16.2. The second kappa shape index (κ2) is 5.60. The van der Waals surface area contributed by atoms with Gasteiger partial charge in [0.25, 0.3) is 0 Å². The van der Waals surface area contributed by atoms with Gasteiger partial charge in [-0.25, -0.2) is 0 Å². The summed E-state index contributed by atoms with van der Waals surface area (Å²) in [7, 11) is 0. The van der Waals surface area contributed by atoms with Crippen LogP contribution in [-0.2, 0) is 4.79 Å². The topological polar surface area (TPSA) is 41.1 Å². The molecular weight excluding hydrogens is 260 g/mol. The molecular formula is C18H20N2O. The summed E-state index contributed by atoms with van der Waals surface area (Å²) in [6, 6.07) is 14.2. The second-order valence-electron chi connectivity index (χ2n) is 5.78. The van der Waals surface area contributed by atoms with E-state index in [2.05, 4.69) is 42.7 Å². The standard InChI is InChI=1S/C18H20N2O/c1-12-3-4-13(2)17(11-12)19-15-7-9-16(10-8-15)20-18(21)14-5-6-14/h3-4,7-11,14,19H,5-6H2,1-2H3,(H,20,21). The normalized spacial score (nSPS) is 13.8. The van der Waals surface area contributed by atoms with Gasteiger partial charge in [-0.15, -0.1) is 0 Å². The number of aryl methyl sites for hydroxylation is 2. The van der Waals surface area contributed by atoms with E-state index in [1.165, 1.54) is 11.1 Å². The van der Waals surface area contributed by atoms with Crippen LogP contribution in [0.2, 0.25) is 0 Å². The van der Waals surface area contributed by atoms with Gasteiger partial charge >= 0.3 is 0 Å². The van der Waals surface area contributed by atoms with E-state index in [0.717, 1.165) is 29.9 Å². The van der Waals surface area contributed by atoms with Crippen molar-refractivity contribution in [3.05, 3.63) is 53.6 Å². The molecule has 0 atom stereocenters. The van der Waals surface area contributed by atoms with Crippen molar-refractivity contribution in [2.75, 3.05) is 10.6 Å². The van der Waals surface area contributed by atoms with Crippen molar-refractivity contribution >= 4 is 23.0 Å². The first kappa shape index (κ1) is 13.7. The predicted molar refractivity (Wildman–Crippen MR) is 87.0 cm³/mol. The SMILES string of the molecule is Cc1ccc(C)c(Nc2ccc(NC(=O)C3CC3)cc2)c1. The van der Waals surface area contributed by atoms with Crippen molar-refractivity contribution in [3.63, 3.8) is 0 Å². The van der Waals surface area contributed by atoms with Crippen LogP contribution in [0, 0.1) is 19.8 Å². The van der Waals surface area contributed by atoms with Crippen molar-refractivity contribution < 1.29 is 4.79 Å². The Hall–Kier alpha value is -2.29. The Kier molecular flexibility index (Phi) is 3.65. The first-order valence-corrected chi connectivity index (χ1v) is 7.37. The number of carbonyl (C=O) groups excluding carboxylic acids is 1. The fourth-order valence-corrected chi connectivity index (χ4v) is 2.25. The van der Waals surface area contributed by atoms with Crippen molar-refractivity contribution in [2.24, 2.45) is 5.92 Å². The van der Waals surface area contributed by atoms with Crippen molar-refractivity contribution in [1.82, 2.24) is 0 Å². The minimum atomic E-state index is 0.144. The van der Waals surface area contributed by atoms with Gasteiger partial charge in [-0.1, -0.05) is 12.1 Å². The Morgan fingerprint density at radius 2 is 1.67 bits per heavy atom. The highest BCUT2D eigenvalue weighted by Gasteiger charge is 2.29. The molecule has 1 fully saturated rings. The summed E-state index contributed by atoms with van der Waals surface area (Å²) < 4.78 is 0. The van der Waals surface area contributed by atoms with Crippen LogP contribution < -0.4 is 10.6 Å². The highest BCUT2D eigenvalue weighted by molar-refractivity contribution is 5.94. The molecule has 0 heterocycles. The molecule has 2 N–H and O–H groups in total. The molecule has 0 radical (unpaired) electrons. The van der Waals surface area contributed by atoms with Gasteiger partial charge in [0.1, 0.15) is 0 Å². The third-order valence-corrected chi connectivity index (χ3v) is 3.77. The van der Waals surface area contributed by atoms with Crippen LogP contribution in [0.25, 0.3) is 0 Å². The van der Waals surface area contributed by atoms with E-state index in [9.17, 15) is 4.79 Å². The van der Waals surface area contributed by atoms with Crippen molar-refractivity contribution in [3.8, 4) is 0 Å². The number of benzene rings is 2. The highest BCUT2D eigenvalue weighted by Crippen LogP contribution is 2.30. The van der Waals surface area contributed by atoms with Crippen LogP contribution >= 0.6 is 0 Å². The maximum Gasteiger partial charge on any atom is 0.227 e. The molecule has 1 aliphatic rings. The van der Waals surface area contributed by atoms with E-state index in [1.807, 2.05) is 24.3 Å². The van der Waals surface area contributed by atoms with Crippen LogP contribution in [0.5, 0.6) is 0 Å². The van der Waals surface area contributed by atoms with Crippen LogP contribution in [0.15, 0.2) is 42.5 Å². The van der Waals surface area contributed by atoms with E-state index in [0.29, 0.717) is 0 Å². The fraction of sp³-hybridized carbons (Fsp3) is 0.278. The number of rotatable bonds is 4. The molecule has 3 rings (SSSR count). The third kappa shape index (κ3) is 3.43. The molecule has 108 valence electrons. The van der Waals surface area contributed by atoms with Gasteiger partial charge in [0.2, 0.25) is 5.91 Å². The third-order valence-electron chi connectivity index (χ3n) is 3.77. The summed E-state index contributed by atoms with van der Waals surface area (Å²) in [4.78, 5) is 11.7. The Morgan fingerprint density at radius 3 is 2.33 bits per heavy atom. The first-order valence-electron chi connectivity index (χ1n) is 7.37. The number of carbonyl (C=O) groups is 1. The van der Waals surface area contributed by atoms with Crippen LogP contribution in [0.3, 0.4) is 0 Å². The van der Waals surface area contributed by atoms with E-state index in [-0.39, 0.29) is 11.8 Å². The quantitative estimate of drug-likeness (QED) is 0.871. The minimum absolute atomic E-state index is 0.144. The van der Waals surface area contributed by atoms with Gasteiger partial charge in [0.15, 0.2) is 0 Å². The van der Waals surface area contributed by atoms with Crippen LogP contribution in [0.4, 0.5) is 17.1 Å². The van der Waals surface area contributed by atoms with E-state index < -0.39 is 0 Å². The molecule has 3 heteroatoms. The summed E-state index contributed by atoms with van der Waals surface area (Å²) in [5.41, 5.74) is 5.44. The largest absolute Gasteiger partial charge is 0.355 e. The lowest BCUT2D eigenvalue weighted by molar-refractivity contribution is -0.117. The lowest BCUT2D eigenvalue weighted by Crippen LogP contribution is -2.13. The average Bonchev–Trinajstić information content (AvgIpc) is 3.29. The lowest BCUT2D eigenvalue weighted by Gasteiger charge is -2.11. The minimum Gasteiger partial charge on any atom is -0.355 e. The van der Waals surface area contributed by atoms with Crippen LogP contribution in [-0.4, -0.2) is 5.91 Å². The van der Waals surface area contributed by atoms with Crippen molar-refractivity contribution in [1.29, 1.82) is 0 Å². The van der Waals surface area contributed by atoms with E-state index in [1.54, 1.807) is 0 Å². The summed E-state index contributed by atoms with van der Waals surface area (Å²) >= 11 is 0. The van der Waals surface area contributed by atoms with E-state index >= 15 is 0 Å². The number of hydrogen-bond donors (Lipinski definition) is 2. The Bertz CT molecular complexity index is 657. The van der Waals surface area contributed by atoms with Gasteiger partial charge in [-0.2, -0.15) is 0 Å². The molecule has 0 spiro atoms. The monoisotopic (exact) mass is 280 g/mol. The molecule has 2 aromatic carbocycles. The number of nitrogens with one attached hydrogen (secondary N) is 2. The number of hydrogen-bond acceptors (Lipinski definition) is 2. The van der Waals surface area contributed by atoms with Gasteiger partial charge in [-0.05, 0) is 68.1 Å². The van der Waals surface area contributed by atoms with Gasteiger partial charge in [0, 0.05) is 23.0 Å². The fourth-order valence-electron chi connectivity index (χ4n) is 2.25. The molecule has 0 unspecified atom stereocenters. The molecule has 0 bridgehead atoms. The Morgan fingerprint density at radius 1 is 1.00 bits per heavy atom. The molecule has 1 saturated carbocycles. The zero-order chi connectivity index (χ0) is 14.8. The number of anilines is 3. The lowest BCUT2D eigenvalue weighted by atomic mass is 10.1. The Balaban J connectivity index is 1.68. The van der Waals surface area contributed by atoms with Gasteiger partial charge in [0.05, 0.1) is 0 Å². The maximum atomic E-state index is 11.7. The predicted octanol–water partition coefficient (Wildman–Crippen LogP) is 4.40. The molecule has 21 heavy (non-hydrogen) atoms. The molecule has 1 amide bonds. The smallest absolute Gasteiger partial charge is 0.227 e. The maximum absolute atomic E-state index is 11.7. The van der Waals surface area contributed by atoms with Crippen molar-refractivity contribution in [2.45, 2.75) is 26.7 Å². The summed E-state index contributed by atoms with van der Waals surface area (Å²) in [5, 5.41) is 6.36. The van der Waals surface area contributed by atoms with Crippen LogP contribution in [0.1, 0.15) is 24.0 Å².